The number of aromatic nitrogens is 2. The molecule has 112 valence electrons. The Morgan fingerprint density at radius 3 is 2.76 bits per heavy atom. The highest BCUT2D eigenvalue weighted by atomic mass is 16.5. The normalized spacial score (nSPS) is 12.1. The van der Waals surface area contributed by atoms with Crippen molar-refractivity contribution >= 4 is 0 Å². The first-order valence-electron chi connectivity index (χ1n) is 7.29. The molecule has 0 spiro atoms. The number of nitrogens with one attached hydrogen (secondary N) is 1. The maximum absolute atomic E-state index is 5.14. The molecule has 0 bridgehead atoms. The molecule has 0 saturated carbocycles. The van der Waals surface area contributed by atoms with Gasteiger partial charge in [-0.05, 0) is 37.9 Å². The maximum atomic E-state index is 5.14. The van der Waals surface area contributed by atoms with Crippen LogP contribution in [0.4, 0.5) is 0 Å². The second kappa shape index (κ2) is 7.74. The Kier molecular flexibility index (Phi) is 5.69. The van der Waals surface area contributed by atoms with Gasteiger partial charge in [0.15, 0.2) is 0 Å². The topological polar surface area (TPSA) is 47.0 Å². The lowest BCUT2D eigenvalue weighted by molar-refractivity contribution is 0.395. The number of likely N-dealkylation sites (N-methyl/N-ethyl adjacent to an activating group) is 1. The van der Waals surface area contributed by atoms with E-state index in [-0.39, 0.29) is 0 Å². The van der Waals surface area contributed by atoms with Gasteiger partial charge in [0.05, 0.1) is 7.11 Å². The van der Waals surface area contributed by atoms with E-state index in [9.17, 15) is 0 Å². The van der Waals surface area contributed by atoms with Crippen LogP contribution in [-0.4, -0.2) is 30.2 Å². The molecule has 1 heterocycles. The Labute approximate surface area is 126 Å². The van der Waals surface area contributed by atoms with Gasteiger partial charge in [0.1, 0.15) is 6.33 Å². The molecule has 2 aromatic rings. The fourth-order valence-electron chi connectivity index (χ4n) is 2.42. The summed E-state index contributed by atoms with van der Waals surface area (Å²) in [4.78, 5) is 8.36. The Balaban J connectivity index is 1.95. The highest BCUT2D eigenvalue weighted by molar-refractivity contribution is 5.25. The molecule has 1 unspecified atom stereocenters. The van der Waals surface area contributed by atoms with Crippen molar-refractivity contribution < 1.29 is 4.74 Å². The number of rotatable bonds is 7. The summed E-state index contributed by atoms with van der Waals surface area (Å²) in [6, 6.07) is 10.9. The fraction of sp³-hybridized carbons (Fsp3) is 0.412. The van der Waals surface area contributed by atoms with Gasteiger partial charge in [0, 0.05) is 24.2 Å². The van der Waals surface area contributed by atoms with Crippen molar-refractivity contribution in [1.29, 1.82) is 0 Å². The van der Waals surface area contributed by atoms with E-state index >= 15 is 0 Å². The molecule has 1 aromatic heterocycles. The largest absolute Gasteiger partial charge is 0.481 e. The number of ether oxygens (including phenoxy) is 1. The number of benzene rings is 1. The molecular weight excluding hydrogens is 262 g/mol. The van der Waals surface area contributed by atoms with Gasteiger partial charge in [-0.15, -0.1) is 0 Å². The number of hydrogen-bond acceptors (Lipinski definition) is 4. The Bertz CT molecular complexity index is 571. The monoisotopic (exact) mass is 285 g/mol. The van der Waals surface area contributed by atoms with Crippen LogP contribution in [0.2, 0.25) is 0 Å². The third kappa shape index (κ3) is 4.53. The van der Waals surface area contributed by atoms with E-state index in [1.54, 1.807) is 13.4 Å². The molecule has 0 aliphatic carbocycles. The lowest BCUT2D eigenvalue weighted by atomic mass is 9.99. The average Bonchev–Trinajstić information content (AvgIpc) is 2.53. The van der Waals surface area contributed by atoms with Crippen LogP contribution < -0.4 is 10.1 Å². The third-order valence-electron chi connectivity index (χ3n) is 3.79. The SMILES string of the molecule is CNC(CCc1ccccc1C)Cc1cc(OC)ncn1. The van der Waals surface area contributed by atoms with Crippen molar-refractivity contribution in [2.24, 2.45) is 0 Å². The molecule has 0 saturated heterocycles. The predicted molar refractivity (Wildman–Crippen MR) is 84.6 cm³/mol. The van der Waals surface area contributed by atoms with E-state index in [2.05, 4.69) is 46.5 Å². The smallest absolute Gasteiger partial charge is 0.216 e. The lowest BCUT2D eigenvalue weighted by Gasteiger charge is -2.16. The highest BCUT2D eigenvalue weighted by Crippen LogP contribution is 2.14. The molecule has 4 nitrogen and oxygen atoms in total. The van der Waals surface area contributed by atoms with Crippen molar-refractivity contribution in [1.82, 2.24) is 15.3 Å². The summed E-state index contributed by atoms with van der Waals surface area (Å²) < 4.78 is 5.14. The zero-order valence-electron chi connectivity index (χ0n) is 13.0. The summed E-state index contributed by atoms with van der Waals surface area (Å²) in [7, 11) is 3.63. The summed E-state index contributed by atoms with van der Waals surface area (Å²) in [5.41, 5.74) is 3.78. The highest BCUT2D eigenvalue weighted by Gasteiger charge is 2.10. The van der Waals surface area contributed by atoms with Gasteiger partial charge in [-0.25, -0.2) is 9.97 Å². The van der Waals surface area contributed by atoms with Crippen LogP contribution in [0.25, 0.3) is 0 Å². The zero-order chi connectivity index (χ0) is 15.1. The van der Waals surface area contributed by atoms with Crippen molar-refractivity contribution in [3.8, 4) is 5.88 Å². The van der Waals surface area contributed by atoms with Crippen LogP contribution in [0.5, 0.6) is 5.88 Å². The van der Waals surface area contributed by atoms with Crippen LogP contribution in [0.1, 0.15) is 23.2 Å². The van der Waals surface area contributed by atoms with Crippen LogP contribution in [0.15, 0.2) is 36.7 Å². The van der Waals surface area contributed by atoms with Crippen molar-refractivity contribution in [3.05, 3.63) is 53.5 Å². The number of hydrogen-bond donors (Lipinski definition) is 1. The van der Waals surface area contributed by atoms with Crippen molar-refractivity contribution in [2.45, 2.75) is 32.2 Å². The zero-order valence-corrected chi connectivity index (χ0v) is 13.0. The molecule has 1 atom stereocenters. The van der Waals surface area contributed by atoms with Gasteiger partial charge in [0.2, 0.25) is 5.88 Å². The Morgan fingerprint density at radius 2 is 2.05 bits per heavy atom. The van der Waals surface area contributed by atoms with Crippen LogP contribution in [0.3, 0.4) is 0 Å². The molecule has 0 radical (unpaired) electrons. The number of nitrogens with zero attached hydrogens (tertiary/aromatic N) is 2. The van der Waals surface area contributed by atoms with Crippen molar-refractivity contribution in [2.75, 3.05) is 14.2 Å². The van der Waals surface area contributed by atoms with Crippen LogP contribution in [0, 0.1) is 6.92 Å². The van der Waals surface area contributed by atoms with Crippen molar-refractivity contribution in [3.63, 3.8) is 0 Å². The maximum Gasteiger partial charge on any atom is 0.216 e. The average molecular weight is 285 g/mol. The van der Waals surface area contributed by atoms with E-state index < -0.39 is 0 Å². The molecule has 0 amide bonds. The minimum absolute atomic E-state index is 0.393. The van der Waals surface area contributed by atoms with E-state index in [0.717, 1.165) is 25.0 Å². The van der Waals surface area contributed by atoms with Gasteiger partial charge in [-0.3, -0.25) is 0 Å². The predicted octanol–water partition coefficient (Wildman–Crippen LogP) is 2.56. The van der Waals surface area contributed by atoms with E-state index in [4.69, 9.17) is 4.74 Å². The Morgan fingerprint density at radius 1 is 1.24 bits per heavy atom. The second-order valence-corrected chi connectivity index (χ2v) is 5.21. The summed E-state index contributed by atoms with van der Waals surface area (Å²) in [6.07, 6.45) is 4.58. The molecule has 1 aromatic carbocycles. The Hall–Kier alpha value is -1.94. The molecular formula is C17H23N3O. The molecule has 2 rings (SSSR count). The van der Waals surface area contributed by atoms with Gasteiger partial charge in [-0.1, -0.05) is 24.3 Å². The minimum Gasteiger partial charge on any atom is -0.481 e. The first kappa shape index (κ1) is 15.4. The molecule has 0 fully saturated rings. The van der Waals surface area contributed by atoms with Crippen LogP contribution >= 0.6 is 0 Å². The minimum atomic E-state index is 0.393. The first-order valence-corrected chi connectivity index (χ1v) is 7.29. The summed E-state index contributed by atoms with van der Waals surface area (Å²) >= 11 is 0. The number of methoxy groups -OCH3 is 1. The van der Waals surface area contributed by atoms with Gasteiger partial charge in [-0.2, -0.15) is 0 Å². The molecule has 1 N–H and O–H groups in total. The molecule has 21 heavy (non-hydrogen) atoms. The quantitative estimate of drug-likeness (QED) is 0.849. The van der Waals surface area contributed by atoms with Crippen LogP contribution in [-0.2, 0) is 12.8 Å². The van der Waals surface area contributed by atoms with Gasteiger partial charge >= 0.3 is 0 Å². The molecule has 4 heteroatoms. The standard InChI is InChI=1S/C17H23N3O/c1-13-6-4-5-7-14(13)8-9-15(18-2)10-16-11-17(21-3)20-12-19-16/h4-7,11-12,15,18H,8-10H2,1-3H3. The number of aryl methyl sites for hydroxylation is 2. The first-order chi connectivity index (χ1) is 10.2. The third-order valence-corrected chi connectivity index (χ3v) is 3.79. The summed E-state index contributed by atoms with van der Waals surface area (Å²) in [6.45, 7) is 2.17. The van der Waals surface area contributed by atoms with E-state index in [1.807, 2.05) is 13.1 Å². The van der Waals surface area contributed by atoms with Gasteiger partial charge in [0.25, 0.3) is 0 Å². The summed E-state index contributed by atoms with van der Waals surface area (Å²) in [5, 5.41) is 3.38. The van der Waals surface area contributed by atoms with Gasteiger partial charge < -0.3 is 10.1 Å². The van der Waals surface area contributed by atoms with E-state index in [1.165, 1.54) is 11.1 Å². The molecule has 0 aliphatic heterocycles. The second-order valence-electron chi connectivity index (χ2n) is 5.21. The summed E-state index contributed by atoms with van der Waals surface area (Å²) in [5.74, 6) is 0.619. The van der Waals surface area contributed by atoms with E-state index in [0.29, 0.717) is 11.9 Å². The fourth-order valence-corrected chi connectivity index (χ4v) is 2.42. The lowest BCUT2D eigenvalue weighted by Crippen LogP contribution is -2.28. The molecule has 0 aliphatic rings.